The van der Waals surface area contributed by atoms with Crippen LogP contribution in [0.5, 0.6) is 11.5 Å². The molecule has 0 amide bonds. The van der Waals surface area contributed by atoms with Crippen molar-refractivity contribution in [2.24, 2.45) is 5.92 Å². The Morgan fingerprint density at radius 1 is 1.29 bits per heavy atom. The van der Waals surface area contributed by atoms with E-state index in [9.17, 15) is 0 Å². The highest BCUT2D eigenvalue weighted by molar-refractivity contribution is 7.15. The minimum Gasteiger partial charge on any atom is -0.497 e. The van der Waals surface area contributed by atoms with Crippen LogP contribution in [0.15, 0.2) is 24.4 Å². The Morgan fingerprint density at radius 2 is 2.08 bits per heavy atom. The van der Waals surface area contributed by atoms with Crippen LogP contribution in [0, 0.1) is 5.92 Å². The number of rotatable bonds is 8. The maximum absolute atomic E-state index is 5.79. The summed E-state index contributed by atoms with van der Waals surface area (Å²) < 4.78 is 10.9. The molecule has 1 aromatic heterocycles. The molecule has 0 radical (unpaired) electrons. The van der Waals surface area contributed by atoms with Crippen LogP contribution in [0.25, 0.3) is 0 Å². The Hall–Kier alpha value is -1.79. The number of aromatic nitrogens is 1. The molecule has 0 aliphatic heterocycles. The van der Waals surface area contributed by atoms with Crippen molar-refractivity contribution in [2.45, 2.75) is 38.9 Å². The summed E-state index contributed by atoms with van der Waals surface area (Å²) in [5.41, 5.74) is 6.96. The number of nitrogen functional groups attached to an aromatic ring is 1. The van der Waals surface area contributed by atoms with Gasteiger partial charge in [0.05, 0.1) is 14.2 Å². The fourth-order valence-corrected chi connectivity index (χ4v) is 3.73. The van der Waals surface area contributed by atoms with Crippen molar-refractivity contribution in [1.82, 2.24) is 9.88 Å². The molecule has 1 aliphatic rings. The second-order valence-corrected chi connectivity index (χ2v) is 7.47. The van der Waals surface area contributed by atoms with Gasteiger partial charge in [0.15, 0.2) is 5.13 Å². The summed E-state index contributed by atoms with van der Waals surface area (Å²) in [4.78, 5) is 7.88. The number of nitrogens with zero attached hydrogens (tertiary/aromatic N) is 2. The molecule has 5 nitrogen and oxygen atoms in total. The number of benzene rings is 1. The Kier molecular flexibility index (Phi) is 5.26. The highest BCUT2D eigenvalue weighted by Crippen LogP contribution is 2.37. The summed E-state index contributed by atoms with van der Waals surface area (Å²) in [5.74, 6) is 2.47. The van der Waals surface area contributed by atoms with Gasteiger partial charge in [-0.2, -0.15) is 0 Å². The average Bonchev–Trinajstić information content (AvgIpc) is 3.36. The Morgan fingerprint density at radius 3 is 2.67 bits per heavy atom. The fraction of sp³-hybridized carbons (Fsp3) is 0.500. The summed E-state index contributed by atoms with van der Waals surface area (Å²) in [7, 11) is 3.38. The smallest absolute Gasteiger partial charge is 0.180 e. The second-order valence-electron chi connectivity index (χ2n) is 6.33. The molecular weight excluding hydrogens is 322 g/mol. The Bertz CT molecular complexity index is 685. The number of methoxy groups -OCH3 is 2. The van der Waals surface area contributed by atoms with E-state index in [1.165, 1.54) is 23.3 Å². The van der Waals surface area contributed by atoms with Crippen LogP contribution in [0.1, 0.15) is 30.2 Å². The molecule has 6 heteroatoms. The highest BCUT2D eigenvalue weighted by atomic mass is 32.1. The molecule has 24 heavy (non-hydrogen) atoms. The summed E-state index contributed by atoms with van der Waals surface area (Å²) >= 11 is 1.57. The summed E-state index contributed by atoms with van der Waals surface area (Å²) in [6, 6.07) is 6.55. The monoisotopic (exact) mass is 347 g/mol. The van der Waals surface area contributed by atoms with E-state index in [2.05, 4.69) is 22.9 Å². The number of hydrogen-bond acceptors (Lipinski definition) is 6. The van der Waals surface area contributed by atoms with Crippen molar-refractivity contribution >= 4 is 16.5 Å². The molecule has 1 aliphatic carbocycles. The van der Waals surface area contributed by atoms with E-state index < -0.39 is 0 Å². The number of thiazole rings is 1. The van der Waals surface area contributed by atoms with Gasteiger partial charge in [0, 0.05) is 41.8 Å². The predicted molar refractivity (Wildman–Crippen MR) is 97.5 cm³/mol. The van der Waals surface area contributed by atoms with Crippen molar-refractivity contribution in [1.29, 1.82) is 0 Å². The average molecular weight is 347 g/mol. The minimum atomic E-state index is 0.528. The molecule has 0 bridgehead atoms. The van der Waals surface area contributed by atoms with Crippen LogP contribution in [0.4, 0.5) is 5.13 Å². The van der Waals surface area contributed by atoms with Gasteiger partial charge in [0.25, 0.3) is 0 Å². The molecule has 2 N–H and O–H groups in total. The lowest BCUT2D eigenvalue weighted by atomic mass is 10.1. The van der Waals surface area contributed by atoms with Crippen LogP contribution in [-0.2, 0) is 13.1 Å². The molecular formula is C18H25N3O2S. The van der Waals surface area contributed by atoms with E-state index in [0.29, 0.717) is 11.2 Å². The van der Waals surface area contributed by atoms with Crippen LogP contribution in [0.2, 0.25) is 0 Å². The van der Waals surface area contributed by atoms with Gasteiger partial charge >= 0.3 is 0 Å². The number of anilines is 1. The molecule has 1 fully saturated rings. The van der Waals surface area contributed by atoms with Crippen molar-refractivity contribution < 1.29 is 9.47 Å². The second kappa shape index (κ2) is 7.40. The van der Waals surface area contributed by atoms with Crippen LogP contribution < -0.4 is 15.2 Å². The van der Waals surface area contributed by atoms with Crippen LogP contribution in [-0.4, -0.2) is 30.1 Å². The predicted octanol–water partition coefficient (Wildman–Crippen LogP) is 3.54. The van der Waals surface area contributed by atoms with Crippen LogP contribution >= 0.6 is 11.3 Å². The molecule has 3 rings (SSSR count). The molecule has 1 saturated carbocycles. The third kappa shape index (κ3) is 3.99. The first kappa shape index (κ1) is 17.0. The van der Waals surface area contributed by atoms with Crippen molar-refractivity contribution in [3.63, 3.8) is 0 Å². The topological polar surface area (TPSA) is 60.6 Å². The number of nitrogens with two attached hydrogens (primary N) is 1. The van der Waals surface area contributed by atoms with E-state index in [-0.39, 0.29) is 0 Å². The zero-order chi connectivity index (χ0) is 17.1. The lowest BCUT2D eigenvalue weighted by Crippen LogP contribution is -2.33. The SMILES string of the molecule is COc1ccc(CN(Cc2cnc(N)s2)C(C)C2CC2)c(OC)c1. The number of hydrogen-bond donors (Lipinski definition) is 1. The van der Waals surface area contributed by atoms with Gasteiger partial charge in [-0.05, 0) is 31.7 Å². The van der Waals surface area contributed by atoms with Crippen molar-refractivity contribution in [3.8, 4) is 11.5 Å². The van der Waals surface area contributed by atoms with Gasteiger partial charge in [-0.1, -0.05) is 6.07 Å². The highest BCUT2D eigenvalue weighted by Gasteiger charge is 2.32. The first-order chi connectivity index (χ1) is 11.6. The first-order valence-electron chi connectivity index (χ1n) is 8.26. The largest absolute Gasteiger partial charge is 0.497 e. The molecule has 1 unspecified atom stereocenters. The third-order valence-corrected chi connectivity index (χ3v) is 5.49. The van der Waals surface area contributed by atoms with E-state index in [1.807, 2.05) is 18.3 Å². The molecule has 1 atom stereocenters. The van der Waals surface area contributed by atoms with Crippen molar-refractivity contribution in [3.05, 3.63) is 34.8 Å². The van der Waals surface area contributed by atoms with Crippen LogP contribution in [0.3, 0.4) is 0 Å². The minimum absolute atomic E-state index is 0.528. The Balaban J connectivity index is 1.80. The van der Waals surface area contributed by atoms with Gasteiger partial charge in [-0.25, -0.2) is 4.98 Å². The Labute approximate surface area is 147 Å². The molecule has 0 spiro atoms. The molecule has 130 valence electrons. The molecule has 0 saturated heterocycles. The van der Waals surface area contributed by atoms with Gasteiger partial charge in [0.1, 0.15) is 11.5 Å². The zero-order valence-corrected chi connectivity index (χ0v) is 15.3. The molecule has 2 aromatic rings. The third-order valence-electron chi connectivity index (χ3n) is 4.68. The van der Waals surface area contributed by atoms with E-state index in [4.69, 9.17) is 15.2 Å². The van der Waals surface area contributed by atoms with E-state index >= 15 is 0 Å². The lowest BCUT2D eigenvalue weighted by molar-refractivity contribution is 0.171. The maximum atomic E-state index is 5.79. The summed E-state index contributed by atoms with van der Waals surface area (Å²) in [6.07, 6.45) is 4.53. The quantitative estimate of drug-likeness (QED) is 0.791. The maximum Gasteiger partial charge on any atom is 0.180 e. The van der Waals surface area contributed by atoms with Gasteiger partial charge in [-0.3, -0.25) is 4.90 Å². The summed E-state index contributed by atoms with van der Waals surface area (Å²) in [6.45, 7) is 4.02. The van der Waals surface area contributed by atoms with Gasteiger partial charge in [-0.15, -0.1) is 11.3 Å². The zero-order valence-electron chi connectivity index (χ0n) is 14.5. The molecule has 1 heterocycles. The van der Waals surface area contributed by atoms with E-state index in [0.717, 1.165) is 30.5 Å². The fourth-order valence-electron chi connectivity index (χ4n) is 3.02. The normalized spacial score (nSPS) is 15.5. The van der Waals surface area contributed by atoms with Gasteiger partial charge in [0.2, 0.25) is 0 Å². The number of ether oxygens (including phenoxy) is 2. The van der Waals surface area contributed by atoms with Crippen molar-refractivity contribution in [2.75, 3.05) is 20.0 Å². The molecule has 1 aromatic carbocycles. The lowest BCUT2D eigenvalue weighted by Gasteiger charge is -2.29. The first-order valence-corrected chi connectivity index (χ1v) is 9.07. The standard InChI is InChI=1S/C18H25N3O2S/c1-12(13-4-5-13)21(11-16-9-20-18(19)24-16)10-14-6-7-15(22-2)8-17(14)23-3/h6-9,12-13H,4-5,10-11H2,1-3H3,(H2,19,20). The van der Waals surface area contributed by atoms with Gasteiger partial charge < -0.3 is 15.2 Å². The van der Waals surface area contributed by atoms with E-state index in [1.54, 1.807) is 25.6 Å². The summed E-state index contributed by atoms with van der Waals surface area (Å²) in [5, 5.41) is 0.631.